The second-order valence-electron chi connectivity index (χ2n) is 11.9. The Morgan fingerprint density at radius 1 is 0.653 bits per heavy atom. The predicted octanol–water partition coefficient (Wildman–Crippen LogP) is 8.96. The Hall–Kier alpha value is -4.81. The molecule has 246 valence electrons. The molecule has 49 heavy (non-hydrogen) atoms. The Bertz CT molecular complexity index is 1690. The molecule has 0 bridgehead atoms. The van der Waals surface area contributed by atoms with Crippen LogP contribution >= 0.6 is 0 Å². The van der Waals surface area contributed by atoms with Gasteiger partial charge in [-0.25, -0.2) is 4.98 Å². The van der Waals surface area contributed by atoms with Crippen LogP contribution in [-0.4, -0.2) is 40.1 Å². The molecule has 4 radical (unpaired) electrons. The number of benzene rings is 5. The zero-order valence-electron chi connectivity index (χ0n) is 28.6. The van der Waals surface area contributed by atoms with Crippen molar-refractivity contribution < 1.29 is 9.47 Å². The van der Waals surface area contributed by atoms with E-state index in [0.717, 1.165) is 72.6 Å². The van der Waals surface area contributed by atoms with Crippen LogP contribution in [0.4, 0.5) is 0 Å². The first kappa shape index (κ1) is 35.5. The maximum Gasteiger partial charge on any atom is 0.127 e. The van der Waals surface area contributed by atoms with E-state index in [4.69, 9.17) is 17.3 Å². The topological polar surface area (TPSA) is 36.3 Å². The van der Waals surface area contributed by atoms with Crippen molar-refractivity contribution in [2.45, 2.75) is 50.5 Å². The Labute approximate surface area is 296 Å². The number of nitrogens with zero attached hydrogens (tertiary/aromatic N) is 2. The Kier molecular flexibility index (Phi) is 13.5. The standard InChI is InChI=1S/C30H34N2O2Si.C13H11B/c1-3-5-20-33-27-14-10-12-25(22-27)30(32-19-18-31-24-32,35-29-16-8-7-9-17-29)26-13-11-15-28(23-26)34-21-6-4-2;14-13(11-7-3-1-4-8-11)12-9-5-2-6-10-12/h7-19,22-24H,3-6,20-21H2,1-2H3;1-10,13H. The number of aromatic nitrogens is 2. The molecule has 0 saturated heterocycles. The molecule has 0 atom stereocenters. The molecule has 6 rings (SSSR count). The number of unbranched alkanes of at least 4 members (excludes halogenated alkanes) is 2. The van der Waals surface area contributed by atoms with Crippen LogP contribution < -0.4 is 14.7 Å². The summed E-state index contributed by atoms with van der Waals surface area (Å²) in [6.45, 7) is 5.81. The minimum absolute atomic E-state index is 0.0163. The van der Waals surface area contributed by atoms with E-state index in [2.05, 4.69) is 121 Å². The van der Waals surface area contributed by atoms with Crippen molar-refractivity contribution in [2.75, 3.05) is 13.2 Å². The summed E-state index contributed by atoms with van der Waals surface area (Å²) < 4.78 is 14.5. The molecule has 0 aliphatic carbocycles. The van der Waals surface area contributed by atoms with Gasteiger partial charge in [-0.1, -0.05) is 147 Å². The fraction of sp³-hybridized carbons (Fsp3) is 0.233. The van der Waals surface area contributed by atoms with Crippen molar-refractivity contribution in [2.24, 2.45) is 0 Å². The molecule has 0 unspecified atom stereocenters. The first-order valence-electron chi connectivity index (χ1n) is 17.3. The van der Waals surface area contributed by atoms with E-state index >= 15 is 0 Å². The van der Waals surface area contributed by atoms with Gasteiger partial charge < -0.3 is 14.0 Å². The van der Waals surface area contributed by atoms with Crippen LogP contribution in [0.15, 0.2) is 158 Å². The number of hydrogen-bond donors (Lipinski definition) is 0. The summed E-state index contributed by atoms with van der Waals surface area (Å²) in [4.78, 5) is 4.45. The summed E-state index contributed by atoms with van der Waals surface area (Å²) >= 11 is 0. The third-order valence-corrected chi connectivity index (χ3v) is 10.2. The van der Waals surface area contributed by atoms with Crippen LogP contribution in [0.25, 0.3) is 0 Å². The molecule has 6 aromatic rings. The van der Waals surface area contributed by atoms with E-state index in [9.17, 15) is 0 Å². The number of ether oxygens (including phenoxy) is 2. The average molecular weight is 661 g/mol. The summed E-state index contributed by atoms with van der Waals surface area (Å²) in [6.07, 6.45) is 10.1. The third kappa shape index (κ3) is 9.64. The van der Waals surface area contributed by atoms with E-state index in [1.54, 1.807) is 0 Å². The van der Waals surface area contributed by atoms with Crippen LogP contribution in [0.2, 0.25) is 0 Å². The molecule has 1 heterocycles. The van der Waals surface area contributed by atoms with Gasteiger partial charge in [0.25, 0.3) is 0 Å². The summed E-state index contributed by atoms with van der Waals surface area (Å²) in [7, 11) is 6.54. The van der Waals surface area contributed by atoms with Gasteiger partial charge >= 0.3 is 0 Å². The zero-order chi connectivity index (χ0) is 34.2. The Morgan fingerprint density at radius 3 is 1.59 bits per heavy atom. The van der Waals surface area contributed by atoms with Crippen LogP contribution in [0.1, 0.15) is 67.6 Å². The average Bonchev–Trinajstić information content (AvgIpc) is 3.71. The van der Waals surface area contributed by atoms with Crippen molar-refractivity contribution in [1.82, 2.24) is 9.55 Å². The van der Waals surface area contributed by atoms with Crippen LogP contribution in [0.5, 0.6) is 11.5 Å². The van der Waals surface area contributed by atoms with Gasteiger partial charge in [0, 0.05) is 12.4 Å². The molecule has 4 nitrogen and oxygen atoms in total. The van der Waals surface area contributed by atoms with Gasteiger partial charge in [-0.15, -0.1) is 0 Å². The fourth-order valence-corrected chi connectivity index (χ4v) is 7.30. The highest BCUT2D eigenvalue weighted by Crippen LogP contribution is 2.36. The summed E-state index contributed by atoms with van der Waals surface area (Å²) in [5.74, 6) is 1.78. The van der Waals surface area contributed by atoms with Crippen LogP contribution in [0.3, 0.4) is 0 Å². The smallest absolute Gasteiger partial charge is 0.127 e. The lowest BCUT2D eigenvalue weighted by atomic mass is 9.76. The SMILES string of the molecule is CCCCOc1cccc(C([Si]c2ccccc2)(c2cccc(OCCCC)c2)n2ccnc2)c1.[B]C(c1ccccc1)c1ccccc1. The molecule has 6 heteroatoms. The van der Waals surface area contributed by atoms with Crippen molar-refractivity contribution >= 4 is 22.6 Å². The largest absolute Gasteiger partial charge is 0.494 e. The van der Waals surface area contributed by atoms with Gasteiger partial charge in [-0.2, -0.15) is 0 Å². The quantitative estimate of drug-likeness (QED) is 0.0815. The Morgan fingerprint density at radius 2 is 1.14 bits per heavy atom. The highest BCUT2D eigenvalue weighted by Gasteiger charge is 2.38. The monoisotopic (exact) mass is 660 g/mol. The Balaban J connectivity index is 0.000000278. The molecule has 1 aromatic heterocycles. The first-order valence-corrected chi connectivity index (χ1v) is 18.3. The highest BCUT2D eigenvalue weighted by atomic mass is 28.2. The molecular weight excluding hydrogens is 615 g/mol. The van der Waals surface area contributed by atoms with Gasteiger partial charge in [-0.3, -0.25) is 0 Å². The predicted molar refractivity (Wildman–Crippen MR) is 204 cm³/mol. The normalized spacial score (nSPS) is 11.1. The summed E-state index contributed by atoms with van der Waals surface area (Å²) in [6, 6.07) is 48.0. The molecule has 0 amide bonds. The molecule has 0 aliphatic heterocycles. The second kappa shape index (κ2) is 18.7. The van der Waals surface area contributed by atoms with E-state index in [1.807, 2.05) is 61.1 Å². The van der Waals surface area contributed by atoms with Gasteiger partial charge in [0.15, 0.2) is 0 Å². The highest BCUT2D eigenvalue weighted by molar-refractivity contribution is 6.57. The van der Waals surface area contributed by atoms with Crippen molar-refractivity contribution in [1.29, 1.82) is 0 Å². The van der Waals surface area contributed by atoms with Gasteiger partial charge in [0.05, 0.1) is 32.5 Å². The van der Waals surface area contributed by atoms with Gasteiger partial charge in [-0.05, 0) is 65.2 Å². The lowest BCUT2D eigenvalue weighted by molar-refractivity contribution is 0.308. The number of imidazole rings is 1. The van der Waals surface area contributed by atoms with Crippen molar-refractivity contribution in [3.63, 3.8) is 0 Å². The summed E-state index contributed by atoms with van der Waals surface area (Å²) in [5.41, 5.74) is 4.63. The lowest BCUT2D eigenvalue weighted by Gasteiger charge is -2.37. The van der Waals surface area contributed by atoms with E-state index in [-0.39, 0.29) is 5.82 Å². The molecule has 5 aromatic carbocycles. The minimum atomic E-state index is -0.494. The van der Waals surface area contributed by atoms with E-state index < -0.39 is 5.16 Å². The van der Waals surface area contributed by atoms with Gasteiger partial charge in [0.2, 0.25) is 0 Å². The van der Waals surface area contributed by atoms with Crippen LogP contribution in [-0.2, 0) is 5.16 Å². The van der Waals surface area contributed by atoms with Crippen LogP contribution in [0, 0.1) is 0 Å². The van der Waals surface area contributed by atoms with Gasteiger partial charge in [0.1, 0.15) is 21.0 Å². The van der Waals surface area contributed by atoms with E-state index in [0.29, 0.717) is 9.52 Å². The lowest BCUT2D eigenvalue weighted by Crippen LogP contribution is -2.46. The second-order valence-corrected chi connectivity index (χ2v) is 13.5. The molecule has 0 spiro atoms. The number of hydrogen-bond acceptors (Lipinski definition) is 3. The maximum atomic E-state index is 6.13. The summed E-state index contributed by atoms with van der Waals surface area (Å²) in [5, 5.41) is 0.780. The third-order valence-electron chi connectivity index (χ3n) is 8.34. The first-order chi connectivity index (χ1) is 24.1. The molecule has 0 N–H and O–H groups in total. The molecule has 0 aliphatic rings. The maximum absolute atomic E-state index is 6.13. The van der Waals surface area contributed by atoms with E-state index in [1.165, 1.54) is 5.19 Å². The van der Waals surface area contributed by atoms with Crippen molar-refractivity contribution in [3.8, 4) is 11.5 Å². The molecule has 0 saturated carbocycles. The molecular formula is C43H45BN2O2Si. The van der Waals surface area contributed by atoms with Crippen molar-refractivity contribution in [3.05, 3.63) is 181 Å². The number of rotatable bonds is 15. The fourth-order valence-electron chi connectivity index (χ4n) is 5.67. The zero-order valence-corrected chi connectivity index (χ0v) is 29.6. The molecule has 0 fully saturated rings. The minimum Gasteiger partial charge on any atom is -0.494 e.